The molecule has 0 radical (unpaired) electrons. The van der Waals surface area contributed by atoms with Crippen molar-refractivity contribution >= 4 is 11.9 Å². The quantitative estimate of drug-likeness (QED) is 0.773. The van der Waals surface area contributed by atoms with Gasteiger partial charge in [0.2, 0.25) is 0 Å². The number of rotatable bonds is 4. The molecule has 4 nitrogen and oxygen atoms in total. The smallest absolute Gasteiger partial charge is 0.416 e. The summed E-state index contributed by atoms with van der Waals surface area (Å²) in [6.07, 6.45) is -4.42. The molecule has 132 valence electrons. The highest BCUT2D eigenvalue weighted by Crippen LogP contribution is 2.32. The number of alkyl halides is 3. The molecule has 0 aliphatic rings. The fourth-order valence-corrected chi connectivity index (χ4v) is 2.26. The number of halogens is 3. The molecule has 0 unspecified atom stereocenters. The van der Waals surface area contributed by atoms with Crippen LogP contribution in [-0.2, 0) is 27.1 Å². The van der Waals surface area contributed by atoms with E-state index >= 15 is 0 Å². The Labute approximate surface area is 142 Å². The minimum atomic E-state index is -4.42. The van der Waals surface area contributed by atoms with Crippen LogP contribution in [0.15, 0.2) is 42.5 Å². The summed E-state index contributed by atoms with van der Waals surface area (Å²) in [4.78, 5) is 22.7. The van der Waals surface area contributed by atoms with Crippen LogP contribution < -0.4 is 0 Å². The predicted octanol–water partition coefficient (Wildman–Crippen LogP) is 4.22. The molecule has 2 aromatic carbocycles. The van der Waals surface area contributed by atoms with Gasteiger partial charge in [0.15, 0.2) is 0 Å². The van der Waals surface area contributed by atoms with Crippen LogP contribution in [-0.4, -0.2) is 19.0 Å². The van der Waals surface area contributed by atoms with E-state index in [0.29, 0.717) is 16.7 Å². The van der Waals surface area contributed by atoms with Crippen LogP contribution in [0.3, 0.4) is 0 Å². The van der Waals surface area contributed by atoms with Gasteiger partial charge in [0, 0.05) is 6.92 Å². The van der Waals surface area contributed by atoms with E-state index in [4.69, 9.17) is 4.74 Å². The van der Waals surface area contributed by atoms with Gasteiger partial charge in [-0.25, -0.2) is 4.79 Å². The topological polar surface area (TPSA) is 52.6 Å². The average molecular weight is 352 g/mol. The summed E-state index contributed by atoms with van der Waals surface area (Å²) in [6.45, 7) is 1.12. The molecule has 0 saturated heterocycles. The molecule has 2 rings (SSSR count). The molecule has 0 saturated carbocycles. The third-order valence-corrected chi connectivity index (χ3v) is 3.48. The van der Waals surface area contributed by atoms with E-state index in [9.17, 15) is 22.8 Å². The minimum absolute atomic E-state index is 0.115. The zero-order valence-electron chi connectivity index (χ0n) is 13.5. The molecule has 7 heteroatoms. The van der Waals surface area contributed by atoms with Crippen molar-refractivity contribution in [3.8, 4) is 11.1 Å². The van der Waals surface area contributed by atoms with Crippen molar-refractivity contribution in [2.75, 3.05) is 7.11 Å². The zero-order chi connectivity index (χ0) is 18.6. The lowest BCUT2D eigenvalue weighted by molar-refractivity contribution is -0.142. The number of ether oxygens (including phenoxy) is 2. The zero-order valence-corrected chi connectivity index (χ0v) is 13.5. The molecule has 0 bridgehead atoms. The molecule has 25 heavy (non-hydrogen) atoms. The Morgan fingerprint density at radius 1 is 1.04 bits per heavy atom. The molecule has 0 N–H and O–H groups in total. The maximum Gasteiger partial charge on any atom is 0.416 e. The minimum Gasteiger partial charge on any atom is -0.465 e. The molecule has 0 fully saturated rings. The monoisotopic (exact) mass is 352 g/mol. The summed E-state index contributed by atoms with van der Waals surface area (Å²) < 4.78 is 47.7. The highest BCUT2D eigenvalue weighted by molar-refractivity contribution is 5.90. The second kappa shape index (κ2) is 7.38. The molecule has 0 aliphatic carbocycles. The average Bonchev–Trinajstić information content (AvgIpc) is 2.58. The van der Waals surface area contributed by atoms with E-state index in [0.717, 1.165) is 12.1 Å². The first kappa shape index (κ1) is 18.5. The standard InChI is InChI=1S/C18H15F3O4/c1-11(22)25-10-14-9-13(17(23)24-2)5-8-16(14)12-3-6-15(7-4-12)18(19,20)21/h3-9H,10H2,1-2H3. The second-order valence-electron chi connectivity index (χ2n) is 5.22. The Morgan fingerprint density at radius 3 is 2.20 bits per heavy atom. The van der Waals surface area contributed by atoms with Crippen LogP contribution in [0.2, 0.25) is 0 Å². The summed E-state index contributed by atoms with van der Waals surface area (Å²) >= 11 is 0. The highest BCUT2D eigenvalue weighted by Gasteiger charge is 2.30. The van der Waals surface area contributed by atoms with Crippen molar-refractivity contribution in [3.05, 3.63) is 59.2 Å². The van der Waals surface area contributed by atoms with Crippen molar-refractivity contribution in [2.24, 2.45) is 0 Å². The molecular weight excluding hydrogens is 337 g/mol. The number of benzene rings is 2. The van der Waals surface area contributed by atoms with Crippen molar-refractivity contribution in [1.82, 2.24) is 0 Å². The first-order valence-electron chi connectivity index (χ1n) is 7.24. The summed E-state index contributed by atoms with van der Waals surface area (Å²) in [7, 11) is 1.23. The van der Waals surface area contributed by atoms with Crippen LogP contribution in [0.25, 0.3) is 11.1 Å². The summed E-state index contributed by atoms with van der Waals surface area (Å²) in [5.41, 5.74) is 1.04. The van der Waals surface area contributed by atoms with Crippen LogP contribution in [0, 0.1) is 0 Å². The van der Waals surface area contributed by atoms with Gasteiger partial charge in [-0.2, -0.15) is 13.2 Å². The van der Waals surface area contributed by atoms with Crippen molar-refractivity contribution in [2.45, 2.75) is 19.7 Å². The Kier molecular flexibility index (Phi) is 5.46. The van der Waals surface area contributed by atoms with Gasteiger partial charge in [0.25, 0.3) is 0 Å². The number of hydrogen-bond donors (Lipinski definition) is 0. The first-order valence-corrected chi connectivity index (χ1v) is 7.24. The largest absolute Gasteiger partial charge is 0.465 e. The summed E-state index contributed by atoms with van der Waals surface area (Å²) in [6, 6.07) is 9.16. The molecule has 0 amide bonds. The normalized spacial score (nSPS) is 11.1. The summed E-state index contributed by atoms with van der Waals surface area (Å²) in [5, 5.41) is 0. The number of carbonyl (C=O) groups is 2. The third-order valence-electron chi connectivity index (χ3n) is 3.48. The van der Waals surface area contributed by atoms with Crippen molar-refractivity contribution in [1.29, 1.82) is 0 Å². The number of methoxy groups -OCH3 is 1. The van der Waals surface area contributed by atoms with E-state index in [2.05, 4.69) is 4.74 Å². The molecule has 0 atom stereocenters. The summed E-state index contributed by atoms with van der Waals surface area (Å²) in [5.74, 6) is -1.08. The maximum atomic E-state index is 12.7. The van der Waals surface area contributed by atoms with E-state index < -0.39 is 23.7 Å². The van der Waals surface area contributed by atoms with E-state index in [1.165, 1.54) is 38.3 Å². The van der Waals surface area contributed by atoms with Gasteiger partial charge < -0.3 is 9.47 Å². The molecule has 2 aromatic rings. The predicted molar refractivity (Wildman–Crippen MR) is 83.7 cm³/mol. The van der Waals surface area contributed by atoms with Crippen LogP contribution in [0.5, 0.6) is 0 Å². The second-order valence-corrected chi connectivity index (χ2v) is 5.22. The van der Waals surface area contributed by atoms with Gasteiger partial charge in [0.1, 0.15) is 6.61 Å². The van der Waals surface area contributed by atoms with E-state index in [1.807, 2.05) is 0 Å². The van der Waals surface area contributed by atoms with E-state index in [-0.39, 0.29) is 12.2 Å². The van der Waals surface area contributed by atoms with Gasteiger partial charge in [-0.15, -0.1) is 0 Å². The number of carbonyl (C=O) groups excluding carboxylic acids is 2. The highest BCUT2D eigenvalue weighted by atomic mass is 19.4. The Hall–Kier alpha value is -2.83. The van der Waals surface area contributed by atoms with Gasteiger partial charge in [-0.05, 0) is 41.0 Å². The van der Waals surface area contributed by atoms with Crippen LogP contribution >= 0.6 is 0 Å². The maximum absolute atomic E-state index is 12.7. The Morgan fingerprint density at radius 2 is 1.68 bits per heavy atom. The van der Waals surface area contributed by atoms with Gasteiger partial charge in [0.05, 0.1) is 18.2 Å². The van der Waals surface area contributed by atoms with Crippen molar-refractivity contribution < 1.29 is 32.2 Å². The molecule has 0 aliphatic heterocycles. The molecule has 0 spiro atoms. The van der Waals surface area contributed by atoms with Crippen LogP contribution in [0.1, 0.15) is 28.4 Å². The lowest BCUT2D eigenvalue weighted by Gasteiger charge is -2.13. The molecule has 0 heterocycles. The SMILES string of the molecule is COC(=O)c1ccc(-c2ccc(C(F)(F)F)cc2)c(COC(C)=O)c1. The lowest BCUT2D eigenvalue weighted by Crippen LogP contribution is -2.06. The fourth-order valence-electron chi connectivity index (χ4n) is 2.26. The lowest BCUT2D eigenvalue weighted by atomic mass is 9.97. The number of esters is 2. The van der Waals surface area contributed by atoms with E-state index in [1.54, 1.807) is 6.07 Å². The van der Waals surface area contributed by atoms with Gasteiger partial charge >= 0.3 is 18.1 Å². The fraction of sp³-hybridized carbons (Fsp3) is 0.222. The molecule has 0 aromatic heterocycles. The van der Waals surface area contributed by atoms with Gasteiger partial charge in [-0.3, -0.25) is 4.79 Å². The third kappa shape index (κ3) is 4.59. The molecular formula is C18H15F3O4. The van der Waals surface area contributed by atoms with Gasteiger partial charge in [-0.1, -0.05) is 18.2 Å². The number of hydrogen-bond acceptors (Lipinski definition) is 4. The Bertz CT molecular complexity index is 780. The van der Waals surface area contributed by atoms with Crippen LogP contribution in [0.4, 0.5) is 13.2 Å². The Balaban J connectivity index is 2.44. The van der Waals surface area contributed by atoms with Crippen molar-refractivity contribution in [3.63, 3.8) is 0 Å². The first-order chi connectivity index (χ1) is 11.7.